The van der Waals surface area contributed by atoms with Crippen LogP contribution in [-0.2, 0) is 11.2 Å². The molecule has 0 saturated carbocycles. The van der Waals surface area contributed by atoms with Crippen LogP contribution in [0.15, 0.2) is 36.5 Å². The summed E-state index contributed by atoms with van der Waals surface area (Å²) >= 11 is 1.54. The Morgan fingerprint density at radius 1 is 1.33 bits per heavy atom. The van der Waals surface area contributed by atoms with E-state index in [1.54, 1.807) is 0 Å². The maximum Gasteiger partial charge on any atom is 0.230 e. The smallest absolute Gasteiger partial charge is 0.230 e. The SMILES string of the molecule is CC(C)c1cnc(NC(=O)Cc2ccccc2)s1. The van der Waals surface area contributed by atoms with E-state index in [2.05, 4.69) is 24.1 Å². The quantitative estimate of drug-likeness (QED) is 0.915. The van der Waals surface area contributed by atoms with Gasteiger partial charge in [0.1, 0.15) is 0 Å². The second-order valence-electron chi connectivity index (χ2n) is 4.43. The Balaban J connectivity index is 1.95. The second kappa shape index (κ2) is 5.78. The molecule has 0 aliphatic carbocycles. The van der Waals surface area contributed by atoms with Crippen molar-refractivity contribution in [1.29, 1.82) is 0 Å². The van der Waals surface area contributed by atoms with Gasteiger partial charge in [0.25, 0.3) is 0 Å². The van der Waals surface area contributed by atoms with Gasteiger partial charge in [-0.05, 0) is 11.5 Å². The molecule has 0 aliphatic heterocycles. The summed E-state index contributed by atoms with van der Waals surface area (Å²) in [5.74, 6) is 0.424. The lowest BCUT2D eigenvalue weighted by molar-refractivity contribution is -0.115. The number of thiazole rings is 1. The number of rotatable bonds is 4. The largest absolute Gasteiger partial charge is 0.302 e. The third kappa shape index (κ3) is 3.40. The van der Waals surface area contributed by atoms with Gasteiger partial charge < -0.3 is 5.32 Å². The minimum atomic E-state index is -0.0224. The first kappa shape index (κ1) is 12.8. The van der Waals surface area contributed by atoms with Crippen molar-refractivity contribution in [1.82, 2.24) is 4.98 Å². The van der Waals surface area contributed by atoms with Crippen LogP contribution in [0.5, 0.6) is 0 Å². The van der Waals surface area contributed by atoms with Gasteiger partial charge in [0, 0.05) is 11.1 Å². The number of anilines is 1. The van der Waals surface area contributed by atoms with E-state index in [0.717, 1.165) is 5.56 Å². The third-order valence-corrected chi connectivity index (χ3v) is 3.76. The number of hydrogen-bond donors (Lipinski definition) is 1. The average Bonchev–Trinajstić information content (AvgIpc) is 2.78. The van der Waals surface area contributed by atoms with Crippen molar-refractivity contribution in [3.05, 3.63) is 47.0 Å². The molecule has 2 rings (SSSR count). The van der Waals surface area contributed by atoms with Crippen LogP contribution in [0.1, 0.15) is 30.2 Å². The summed E-state index contributed by atoms with van der Waals surface area (Å²) in [6.45, 7) is 4.23. The van der Waals surface area contributed by atoms with E-state index in [9.17, 15) is 4.79 Å². The topological polar surface area (TPSA) is 42.0 Å². The maximum atomic E-state index is 11.8. The summed E-state index contributed by atoms with van der Waals surface area (Å²) in [5.41, 5.74) is 1.01. The zero-order valence-electron chi connectivity index (χ0n) is 10.5. The molecule has 18 heavy (non-hydrogen) atoms. The van der Waals surface area contributed by atoms with Crippen molar-refractivity contribution in [2.75, 3.05) is 5.32 Å². The Morgan fingerprint density at radius 3 is 2.67 bits per heavy atom. The number of nitrogens with zero attached hydrogens (tertiary/aromatic N) is 1. The van der Waals surface area contributed by atoms with Gasteiger partial charge in [0.05, 0.1) is 6.42 Å². The zero-order chi connectivity index (χ0) is 13.0. The first-order valence-electron chi connectivity index (χ1n) is 5.94. The van der Waals surface area contributed by atoms with Crippen molar-refractivity contribution in [2.45, 2.75) is 26.2 Å². The maximum absolute atomic E-state index is 11.8. The van der Waals surface area contributed by atoms with Crippen LogP contribution in [0.2, 0.25) is 0 Å². The molecule has 0 spiro atoms. The Hall–Kier alpha value is -1.68. The molecule has 1 N–H and O–H groups in total. The van der Waals surface area contributed by atoms with E-state index in [1.807, 2.05) is 36.5 Å². The first-order chi connectivity index (χ1) is 8.65. The fourth-order valence-corrected chi connectivity index (χ4v) is 2.39. The molecule has 2 aromatic rings. The fraction of sp³-hybridized carbons (Fsp3) is 0.286. The molecule has 0 aliphatic rings. The highest BCUT2D eigenvalue weighted by atomic mass is 32.1. The van der Waals surface area contributed by atoms with Gasteiger partial charge in [-0.15, -0.1) is 11.3 Å². The second-order valence-corrected chi connectivity index (χ2v) is 5.50. The monoisotopic (exact) mass is 260 g/mol. The summed E-state index contributed by atoms with van der Waals surface area (Å²) in [4.78, 5) is 17.2. The van der Waals surface area contributed by atoms with Gasteiger partial charge in [-0.25, -0.2) is 4.98 Å². The fourth-order valence-electron chi connectivity index (χ4n) is 1.56. The molecular weight excluding hydrogens is 244 g/mol. The van der Waals surface area contributed by atoms with Gasteiger partial charge in [-0.2, -0.15) is 0 Å². The summed E-state index contributed by atoms with van der Waals surface area (Å²) in [7, 11) is 0. The summed E-state index contributed by atoms with van der Waals surface area (Å²) in [6, 6.07) is 9.70. The van der Waals surface area contributed by atoms with Crippen molar-refractivity contribution in [3.8, 4) is 0 Å². The lowest BCUT2D eigenvalue weighted by atomic mass is 10.1. The van der Waals surface area contributed by atoms with E-state index in [0.29, 0.717) is 17.5 Å². The Bertz CT molecular complexity index is 520. The van der Waals surface area contributed by atoms with E-state index >= 15 is 0 Å². The highest BCUT2D eigenvalue weighted by molar-refractivity contribution is 7.15. The minimum Gasteiger partial charge on any atom is -0.302 e. The summed E-state index contributed by atoms with van der Waals surface area (Å²) < 4.78 is 0. The summed E-state index contributed by atoms with van der Waals surface area (Å²) in [6.07, 6.45) is 2.21. The Morgan fingerprint density at radius 2 is 2.06 bits per heavy atom. The van der Waals surface area contributed by atoms with Crippen molar-refractivity contribution in [3.63, 3.8) is 0 Å². The van der Waals surface area contributed by atoms with Crippen LogP contribution in [0.4, 0.5) is 5.13 Å². The number of aromatic nitrogens is 1. The van der Waals surface area contributed by atoms with Crippen molar-refractivity contribution < 1.29 is 4.79 Å². The average molecular weight is 260 g/mol. The molecule has 0 radical (unpaired) electrons. The molecule has 0 saturated heterocycles. The van der Waals surface area contributed by atoms with Gasteiger partial charge in [0.15, 0.2) is 5.13 Å². The molecule has 0 unspecified atom stereocenters. The van der Waals surface area contributed by atoms with Crippen molar-refractivity contribution >= 4 is 22.4 Å². The highest BCUT2D eigenvalue weighted by Crippen LogP contribution is 2.25. The molecular formula is C14H16N2OS. The van der Waals surface area contributed by atoms with Crippen LogP contribution in [0, 0.1) is 0 Å². The number of amides is 1. The Labute approximate surface area is 111 Å². The van der Waals surface area contributed by atoms with Gasteiger partial charge >= 0.3 is 0 Å². The molecule has 1 amide bonds. The molecule has 0 fully saturated rings. The lowest BCUT2D eigenvalue weighted by Gasteiger charge is -2.01. The van der Waals surface area contributed by atoms with Crippen LogP contribution in [0.25, 0.3) is 0 Å². The highest BCUT2D eigenvalue weighted by Gasteiger charge is 2.09. The first-order valence-corrected chi connectivity index (χ1v) is 6.76. The molecule has 94 valence electrons. The lowest BCUT2D eigenvalue weighted by Crippen LogP contribution is -2.13. The van der Waals surface area contributed by atoms with E-state index in [4.69, 9.17) is 0 Å². The van der Waals surface area contributed by atoms with E-state index in [1.165, 1.54) is 16.2 Å². The summed E-state index contributed by atoms with van der Waals surface area (Å²) in [5, 5.41) is 3.51. The van der Waals surface area contributed by atoms with Crippen LogP contribution in [-0.4, -0.2) is 10.9 Å². The standard InChI is InChI=1S/C14H16N2OS/c1-10(2)12-9-15-14(18-12)16-13(17)8-11-6-4-3-5-7-11/h3-7,9-10H,8H2,1-2H3,(H,15,16,17). The molecule has 3 nitrogen and oxygen atoms in total. The van der Waals surface area contributed by atoms with Crippen LogP contribution >= 0.6 is 11.3 Å². The predicted octanol–water partition coefficient (Wildman–Crippen LogP) is 3.45. The molecule has 1 heterocycles. The Kier molecular flexibility index (Phi) is 4.10. The number of nitrogens with one attached hydrogen (secondary N) is 1. The predicted molar refractivity (Wildman–Crippen MR) is 75.0 cm³/mol. The molecule has 1 aromatic heterocycles. The molecule has 4 heteroatoms. The normalized spacial score (nSPS) is 10.6. The van der Waals surface area contributed by atoms with Crippen LogP contribution in [0.3, 0.4) is 0 Å². The van der Waals surface area contributed by atoms with Gasteiger partial charge in [0.2, 0.25) is 5.91 Å². The van der Waals surface area contributed by atoms with E-state index in [-0.39, 0.29) is 5.91 Å². The molecule has 0 bridgehead atoms. The third-order valence-electron chi connectivity index (χ3n) is 2.55. The number of benzene rings is 1. The zero-order valence-corrected chi connectivity index (χ0v) is 11.3. The number of carbonyl (C=O) groups is 1. The van der Waals surface area contributed by atoms with Gasteiger partial charge in [-0.3, -0.25) is 4.79 Å². The number of hydrogen-bond acceptors (Lipinski definition) is 3. The number of carbonyl (C=O) groups excluding carboxylic acids is 1. The van der Waals surface area contributed by atoms with Gasteiger partial charge in [-0.1, -0.05) is 44.2 Å². The van der Waals surface area contributed by atoms with Crippen molar-refractivity contribution in [2.24, 2.45) is 0 Å². The van der Waals surface area contributed by atoms with Crippen LogP contribution < -0.4 is 5.32 Å². The molecule has 1 aromatic carbocycles. The molecule has 0 atom stereocenters. The minimum absolute atomic E-state index is 0.0224. The van der Waals surface area contributed by atoms with E-state index < -0.39 is 0 Å².